The van der Waals surface area contributed by atoms with Crippen LogP contribution in [0.1, 0.15) is 25.1 Å². The van der Waals surface area contributed by atoms with Gasteiger partial charge in [-0.1, -0.05) is 0 Å². The third-order valence-electron chi connectivity index (χ3n) is 3.14. The fraction of sp³-hybridized carbons (Fsp3) is 0.636. The van der Waals surface area contributed by atoms with E-state index in [4.69, 9.17) is 10.5 Å². The monoisotopic (exact) mass is 255 g/mol. The van der Waals surface area contributed by atoms with Crippen molar-refractivity contribution in [2.75, 3.05) is 0 Å². The van der Waals surface area contributed by atoms with Crippen molar-refractivity contribution in [2.45, 2.75) is 44.7 Å². The van der Waals surface area contributed by atoms with Crippen LogP contribution in [0.5, 0.6) is 0 Å². The largest absolute Gasteiger partial charge is 0.391 e. The van der Waals surface area contributed by atoms with Crippen LogP contribution >= 0.6 is 0 Å². The van der Waals surface area contributed by atoms with Gasteiger partial charge >= 0.3 is 5.69 Å². The number of aromatic amines is 1. The zero-order chi connectivity index (χ0) is 13.4. The molecular weight excluding hydrogens is 238 g/mol. The minimum atomic E-state index is -0.704. The van der Waals surface area contributed by atoms with Crippen molar-refractivity contribution in [3.8, 4) is 0 Å². The number of aliphatic hydroxyl groups excluding tert-OH is 1. The van der Waals surface area contributed by atoms with Gasteiger partial charge in [0.1, 0.15) is 12.3 Å². The Bertz CT molecular complexity index is 548. The summed E-state index contributed by atoms with van der Waals surface area (Å²) in [5.41, 5.74) is 5.33. The summed E-state index contributed by atoms with van der Waals surface area (Å²) in [5, 5.41) is 9.51. The van der Waals surface area contributed by atoms with Crippen molar-refractivity contribution < 1.29 is 9.84 Å². The molecule has 0 bridgehead atoms. The molecule has 0 saturated carbocycles. The van der Waals surface area contributed by atoms with Gasteiger partial charge in [0, 0.05) is 24.2 Å². The quantitative estimate of drug-likeness (QED) is 0.617. The summed E-state index contributed by atoms with van der Waals surface area (Å²) in [6, 6.07) is -0.339. The first kappa shape index (κ1) is 13.0. The first-order chi connectivity index (χ1) is 8.40. The highest BCUT2D eigenvalue weighted by molar-refractivity contribution is 5.02. The van der Waals surface area contributed by atoms with Gasteiger partial charge in [0.15, 0.2) is 0 Å². The van der Waals surface area contributed by atoms with Gasteiger partial charge in [0.25, 0.3) is 5.56 Å². The number of aliphatic hydroxyl groups is 1. The molecule has 1 aromatic rings. The lowest BCUT2D eigenvalue weighted by molar-refractivity contribution is -0.0575. The normalized spacial score (nSPS) is 29.4. The lowest BCUT2D eigenvalue weighted by atomic mass is 10.1. The van der Waals surface area contributed by atoms with Crippen LogP contribution in [0.25, 0.3) is 0 Å². The Labute approximate surface area is 103 Å². The van der Waals surface area contributed by atoms with E-state index in [1.54, 1.807) is 13.8 Å². The van der Waals surface area contributed by atoms with Crippen LogP contribution in [0.15, 0.2) is 15.8 Å². The molecule has 0 aliphatic carbocycles. The van der Waals surface area contributed by atoms with Gasteiger partial charge in [0.2, 0.25) is 0 Å². The van der Waals surface area contributed by atoms with Gasteiger partial charge in [-0.25, -0.2) is 4.79 Å². The van der Waals surface area contributed by atoms with Crippen LogP contribution in [0.4, 0.5) is 0 Å². The predicted octanol–water partition coefficient (Wildman–Crippen LogP) is -1.16. The maximum absolute atomic E-state index is 11.7. The molecule has 0 amide bonds. The molecule has 4 atom stereocenters. The van der Waals surface area contributed by atoms with E-state index >= 15 is 0 Å². The molecule has 1 saturated heterocycles. The Balaban J connectivity index is 2.32. The fourth-order valence-corrected chi connectivity index (χ4v) is 2.16. The van der Waals surface area contributed by atoms with Crippen molar-refractivity contribution in [1.29, 1.82) is 0 Å². The number of H-pyrrole nitrogens is 1. The van der Waals surface area contributed by atoms with Gasteiger partial charge in [-0.15, -0.1) is 0 Å². The van der Waals surface area contributed by atoms with Gasteiger partial charge in [-0.05, 0) is 13.8 Å². The Morgan fingerprint density at radius 2 is 2.28 bits per heavy atom. The highest BCUT2D eigenvalue weighted by Crippen LogP contribution is 2.28. The average molecular weight is 255 g/mol. The van der Waals surface area contributed by atoms with Crippen LogP contribution in [0.2, 0.25) is 0 Å². The molecule has 0 unspecified atom stereocenters. The van der Waals surface area contributed by atoms with E-state index < -0.39 is 29.7 Å². The molecule has 1 aliphatic heterocycles. The minimum Gasteiger partial charge on any atom is -0.391 e. The van der Waals surface area contributed by atoms with E-state index in [9.17, 15) is 14.7 Å². The number of hydrogen-bond acceptors (Lipinski definition) is 5. The topological polar surface area (TPSA) is 110 Å². The smallest absolute Gasteiger partial charge is 0.330 e. The Hall–Kier alpha value is -1.44. The fourth-order valence-electron chi connectivity index (χ4n) is 2.16. The second-order valence-corrected chi connectivity index (χ2v) is 4.67. The molecule has 0 aromatic carbocycles. The van der Waals surface area contributed by atoms with Gasteiger partial charge in [-0.2, -0.15) is 0 Å². The van der Waals surface area contributed by atoms with Crippen molar-refractivity contribution in [1.82, 2.24) is 9.55 Å². The SMILES string of the molecule is Cc1cn([C@H]2C[C@@H](N)[C@H]([C@H](C)O)O2)c(=O)[nH]c1=O. The summed E-state index contributed by atoms with van der Waals surface area (Å²) < 4.78 is 6.87. The number of aromatic nitrogens is 2. The number of nitrogens with two attached hydrogens (primary N) is 1. The summed E-state index contributed by atoms with van der Waals surface area (Å²) >= 11 is 0. The molecule has 2 heterocycles. The van der Waals surface area contributed by atoms with E-state index in [1.807, 2.05) is 0 Å². The number of hydrogen-bond donors (Lipinski definition) is 3. The van der Waals surface area contributed by atoms with E-state index in [-0.39, 0.29) is 6.04 Å². The molecule has 1 fully saturated rings. The molecule has 100 valence electrons. The molecule has 7 nitrogen and oxygen atoms in total. The summed E-state index contributed by atoms with van der Waals surface area (Å²) in [6.45, 7) is 3.20. The van der Waals surface area contributed by atoms with Gasteiger partial charge < -0.3 is 15.6 Å². The number of nitrogens with zero attached hydrogens (tertiary/aromatic N) is 1. The van der Waals surface area contributed by atoms with Crippen LogP contribution in [-0.2, 0) is 4.74 Å². The van der Waals surface area contributed by atoms with Crippen LogP contribution in [0.3, 0.4) is 0 Å². The molecule has 0 radical (unpaired) electrons. The van der Waals surface area contributed by atoms with Crippen LogP contribution in [0, 0.1) is 6.92 Å². The molecule has 0 spiro atoms. The number of ether oxygens (including phenoxy) is 1. The highest BCUT2D eigenvalue weighted by atomic mass is 16.5. The molecular formula is C11H17N3O4. The molecule has 4 N–H and O–H groups in total. The first-order valence-corrected chi connectivity index (χ1v) is 5.81. The Morgan fingerprint density at radius 3 is 2.83 bits per heavy atom. The maximum atomic E-state index is 11.7. The van der Waals surface area contributed by atoms with E-state index in [0.717, 1.165) is 0 Å². The predicted molar refractivity (Wildman–Crippen MR) is 64.2 cm³/mol. The number of aryl methyl sites for hydroxylation is 1. The second-order valence-electron chi connectivity index (χ2n) is 4.67. The summed E-state index contributed by atoms with van der Waals surface area (Å²) in [5.74, 6) is 0. The molecule has 1 aromatic heterocycles. The molecule has 18 heavy (non-hydrogen) atoms. The summed E-state index contributed by atoms with van der Waals surface area (Å²) in [4.78, 5) is 25.2. The third-order valence-corrected chi connectivity index (χ3v) is 3.14. The Morgan fingerprint density at radius 1 is 1.61 bits per heavy atom. The van der Waals surface area contributed by atoms with Crippen molar-refractivity contribution in [3.63, 3.8) is 0 Å². The molecule has 7 heteroatoms. The lowest BCUT2D eigenvalue weighted by Crippen LogP contribution is -2.38. The van der Waals surface area contributed by atoms with Crippen molar-refractivity contribution in [3.05, 3.63) is 32.6 Å². The van der Waals surface area contributed by atoms with Crippen molar-refractivity contribution >= 4 is 0 Å². The first-order valence-electron chi connectivity index (χ1n) is 5.81. The number of rotatable bonds is 2. The van der Waals surface area contributed by atoms with Gasteiger partial charge in [0.05, 0.1) is 6.10 Å². The van der Waals surface area contributed by atoms with E-state index in [1.165, 1.54) is 10.8 Å². The lowest BCUT2D eigenvalue weighted by Gasteiger charge is -2.18. The van der Waals surface area contributed by atoms with E-state index in [2.05, 4.69) is 4.98 Å². The molecule has 2 rings (SSSR count). The van der Waals surface area contributed by atoms with Crippen LogP contribution in [-0.4, -0.2) is 32.9 Å². The summed E-state index contributed by atoms with van der Waals surface area (Å²) in [6.07, 6.45) is 0.102. The zero-order valence-electron chi connectivity index (χ0n) is 10.3. The second kappa shape index (κ2) is 4.68. The average Bonchev–Trinajstić information content (AvgIpc) is 2.65. The van der Waals surface area contributed by atoms with Gasteiger partial charge in [-0.3, -0.25) is 14.3 Å². The molecule has 1 aliphatic rings. The van der Waals surface area contributed by atoms with Crippen molar-refractivity contribution in [2.24, 2.45) is 5.73 Å². The minimum absolute atomic E-state index is 0.339. The summed E-state index contributed by atoms with van der Waals surface area (Å²) in [7, 11) is 0. The third kappa shape index (κ3) is 2.24. The number of nitrogens with one attached hydrogen (secondary N) is 1. The zero-order valence-corrected chi connectivity index (χ0v) is 10.3. The van der Waals surface area contributed by atoms with E-state index in [0.29, 0.717) is 12.0 Å². The Kier molecular flexibility index (Phi) is 3.38. The highest BCUT2D eigenvalue weighted by Gasteiger charge is 2.37. The maximum Gasteiger partial charge on any atom is 0.330 e. The standard InChI is InChI=1S/C11H17N3O4/c1-5-4-14(11(17)13-10(5)16)8-3-7(12)9(18-8)6(2)15/h4,6-9,15H,3,12H2,1-2H3,(H,13,16,17)/t6-,7+,8+,9-/m0/s1. The van der Waals surface area contributed by atoms with Crippen LogP contribution < -0.4 is 17.0 Å².